The topological polar surface area (TPSA) is 33.1 Å². The molecule has 0 saturated heterocycles. The van der Waals surface area contributed by atoms with Crippen molar-refractivity contribution in [3.63, 3.8) is 0 Å². The Kier molecular flexibility index (Phi) is 3.53. The van der Waals surface area contributed by atoms with Crippen LogP contribution in [0, 0.1) is 11.8 Å². The summed E-state index contributed by atoms with van der Waals surface area (Å²) in [6.45, 7) is 6.69. The standard InChI is InChI=1S/C15H23NO/c1-11-6-7-13(14(17)9-11)15(2,3)12-5-4-8-16-10-12/h4-5,8,10-11,13-14,17H,6-7,9H2,1-3H3. The molecule has 1 fully saturated rings. The molecule has 2 nitrogen and oxygen atoms in total. The van der Waals surface area contributed by atoms with E-state index in [0.29, 0.717) is 11.8 Å². The fraction of sp³-hybridized carbons (Fsp3) is 0.667. The number of pyridine rings is 1. The van der Waals surface area contributed by atoms with E-state index in [-0.39, 0.29) is 11.5 Å². The molecular weight excluding hydrogens is 210 g/mol. The predicted molar refractivity (Wildman–Crippen MR) is 69.8 cm³/mol. The Labute approximate surface area is 104 Å². The average molecular weight is 233 g/mol. The number of hydrogen-bond acceptors (Lipinski definition) is 2. The Morgan fingerprint density at radius 2 is 2.12 bits per heavy atom. The monoisotopic (exact) mass is 233 g/mol. The van der Waals surface area contributed by atoms with Crippen LogP contribution in [0.15, 0.2) is 24.5 Å². The predicted octanol–water partition coefficient (Wildman–Crippen LogP) is 3.16. The van der Waals surface area contributed by atoms with Gasteiger partial charge in [0.2, 0.25) is 0 Å². The van der Waals surface area contributed by atoms with E-state index >= 15 is 0 Å². The van der Waals surface area contributed by atoms with Crippen molar-refractivity contribution in [3.05, 3.63) is 30.1 Å². The van der Waals surface area contributed by atoms with Crippen molar-refractivity contribution < 1.29 is 5.11 Å². The van der Waals surface area contributed by atoms with Crippen molar-refractivity contribution in [2.24, 2.45) is 11.8 Å². The zero-order valence-electron chi connectivity index (χ0n) is 11.1. The Morgan fingerprint density at radius 1 is 1.35 bits per heavy atom. The van der Waals surface area contributed by atoms with Crippen molar-refractivity contribution in [3.8, 4) is 0 Å². The molecule has 1 aromatic heterocycles. The van der Waals surface area contributed by atoms with E-state index in [9.17, 15) is 5.11 Å². The first-order valence-electron chi connectivity index (χ1n) is 6.60. The average Bonchev–Trinajstić information content (AvgIpc) is 2.29. The molecule has 2 rings (SSSR count). The van der Waals surface area contributed by atoms with Crippen LogP contribution in [0.5, 0.6) is 0 Å². The second-order valence-corrected chi connectivity index (χ2v) is 6.06. The summed E-state index contributed by atoms with van der Waals surface area (Å²) in [4.78, 5) is 4.20. The summed E-state index contributed by atoms with van der Waals surface area (Å²) in [6.07, 6.45) is 6.85. The molecule has 1 aliphatic carbocycles. The van der Waals surface area contributed by atoms with Crippen molar-refractivity contribution in [1.29, 1.82) is 0 Å². The summed E-state index contributed by atoms with van der Waals surface area (Å²) < 4.78 is 0. The number of rotatable bonds is 2. The van der Waals surface area contributed by atoms with Gasteiger partial charge in [-0.25, -0.2) is 0 Å². The van der Waals surface area contributed by atoms with Gasteiger partial charge in [-0.05, 0) is 41.7 Å². The van der Waals surface area contributed by atoms with E-state index < -0.39 is 0 Å². The van der Waals surface area contributed by atoms with E-state index in [1.165, 1.54) is 12.0 Å². The number of nitrogens with zero attached hydrogens (tertiary/aromatic N) is 1. The second kappa shape index (κ2) is 4.77. The normalized spacial score (nSPS) is 30.2. The van der Waals surface area contributed by atoms with Gasteiger partial charge in [-0.15, -0.1) is 0 Å². The number of hydrogen-bond donors (Lipinski definition) is 1. The van der Waals surface area contributed by atoms with Crippen LogP contribution in [0.2, 0.25) is 0 Å². The Morgan fingerprint density at radius 3 is 2.71 bits per heavy atom. The lowest BCUT2D eigenvalue weighted by molar-refractivity contribution is 0.0142. The molecule has 0 bridgehead atoms. The molecule has 0 aliphatic heterocycles. The highest BCUT2D eigenvalue weighted by Gasteiger charge is 2.39. The molecule has 0 aromatic carbocycles. The summed E-state index contributed by atoms with van der Waals surface area (Å²) in [5.41, 5.74) is 1.24. The van der Waals surface area contributed by atoms with Crippen LogP contribution < -0.4 is 0 Å². The third kappa shape index (κ3) is 2.52. The maximum Gasteiger partial charge on any atom is 0.0579 e. The van der Waals surface area contributed by atoms with Gasteiger partial charge in [0.1, 0.15) is 0 Å². The van der Waals surface area contributed by atoms with Gasteiger partial charge in [-0.3, -0.25) is 4.98 Å². The first kappa shape index (κ1) is 12.6. The van der Waals surface area contributed by atoms with Gasteiger partial charge in [-0.1, -0.05) is 33.3 Å². The molecule has 3 atom stereocenters. The third-order valence-corrected chi connectivity index (χ3v) is 4.41. The minimum atomic E-state index is -0.172. The highest BCUT2D eigenvalue weighted by Crippen LogP contribution is 2.41. The van der Waals surface area contributed by atoms with E-state index in [0.717, 1.165) is 12.8 Å². The van der Waals surface area contributed by atoms with E-state index in [1.54, 1.807) is 6.20 Å². The van der Waals surface area contributed by atoms with E-state index in [1.807, 2.05) is 12.3 Å². The van der Waals surface area contributed by atoms with Crippen LogP contribution in [0.3, 0.4) is 0 Å². The molecule has 1 aliphatic rings. The van der Waals surface area contributed by atoms with Crippen LogP contribution in [-0.2, 0) is 5.41 Å². The van der Waals surface area contributed by atoms with Gasteiger partial charge in [0.05, 0.1) is 6.10 Å². The molecule has 94 valence electrons. The quantitative estimate of drug-likeness (QED) is 0.851. The maximum absolute atomic E-state index is 10.3. The molecular formula is C15H23NO. The van der Waals surface area contributed by atoms with Crippen LogP contribution in [0.25, 0.3) is 0 Å². The molecule has 2 heteroatoms. The first-order chi connectivity index (χ1) is 8.01. The van der Waals surface area contributed by atoms with Crippen molar-refractivity contribution in [1.82, 2.24) is 4.98 Å². The molecule has 3 unspecified atom stereocenters. The highest BCUT2D eigenvalue weighted by molar-refractivity contribution is 5.21. The Balaban J connectivity index is 2.21. The van der Waals surface area contributed by atoms with Gasteiger partial charge in [0, 0.05) is 12.4 Å². The molecule has 1 saturated carbocycles. The fourth-order valence-electron chi connectivity index (χ4n) is 3.15. The van der Waals surface area contributed by atoms with E-state index in [2.05, 4.69) is 31.8 Å². The van der Waals surface area contributed by atoms with Crippen LogP contribution in [-0.4, -0.2) is 16.2 Å². The van der Waals surface area contributed by atoms with Crippen molar-refractivity contribution >= 4 is 0 Å². The Hall–Kier alpha value is -0.890. The summed E-state index contributed by atoms with van der Waals surface area (Å²) >= 11 is 0. The van der Waals surface area contributed by atoms with Crippen LogP contribution >= 0.6 is 0 Å². The lowest BCUT2D eigenvalue weighted by Gasteiger charge is -2.42. The van der Waals surface area contributed by atoms with Gasteiger partial charge in [0.25, 0.3) is 0 Å². The molecule has 17 heavy (non-hydrogen) atoms. The van der Waals surface area contributed by atoms with Gasteiger partial charge in [-0.2, -0.15) is 0 Å². The lowest BCUT2D eigenvalue weighted by atomic mass is 9.65. The lowest BCUT2D eigenvalue weighted by Crippen LogP contribution is -2.41. The zero-order valence-corrected chi connectivity index (χ0v) is 11.1. The van der Waals surface area contributed by atoms with Gasteiger partial charge < -0.3 is 5.11 Å². The molecule has 1 N–H and O–H groups in total. The van der Waals surface area contributed by atoms with Gasteiger partial charge in [0.15, 0.2) is 0 Å². The fourth-order valence-corrected chi connectivity index (χ4v) is 3.15. The second-order valence-electron chi connectivity index (χ2n) is 6.06. The molecule has 0 radical (unpaired) electrons. The number of aliphatic hydroxyl groups is 1. The van der Waals surface area contributed by atoms with Crippen LogP contribution in [0.1, 0.15) is 45.6 Å². The van der Waals surface area contributed by atoms with Crippen LogP contribution in [0.4, 0.5) is 0 Å². The summed E-state index contributed by atoms with van der Waals surface area (Å²) in [5.74, 6) is 1.01. The minimum absolute atomic E-state index is 0.00775. The summed E-state index contributed by atoms with van der Waals surface area (Å²) in [6, 6.07) is 4.10. The first-order valence-corrected chi connectivity index (χ1v) is 6.60. The van der Waals surface area contributed by atoms with Crippen molar-refractivity contribution in [2.45, 2.75) is 51.6 Å². The number of aromatic nitrogens is 1. The molecule has 1 aromatic rings. The van der Waals surface area contributed by atoms with Gasteiger partial charge >= 0.3 is 0 Å². The smallest absolute Gasteiger partial charge is 0.0579 e. The number of aliphatic hydroxyl groups excluding tert-OH is 1. The molecule has 0 spiro atoms. The highest BCUT2D eigenvalue weighted by atomic mass is 16.3. The summed E-state index contributed by atoms with van der Waals surface area (Å²) in [5, 5.41) is 10.3. The van der Waals surface area contributed by atoms with Crippen molar-refractivity contribution in [2.75, 3.05) is 0 Å². The third-order valence-electron chi connectivity index (χ3n) is 4.41. The maximum atomic E-state index is 10.3. The molecule has 0 amide bonds. The molecule has 1 heterocycles. The minimum Gasteiger partial charge on any atom is -0.393 e. The largest absolute Gasteiger partial charge is 0.393 e. The SMILES string of the molecule is CC1CCC(C(C)(C)c2cccnc2)C(O)C1. The van der Waals surface area contributed by atoms with E-state index in [4.69, 9.17) is 0 Å². The summed E-state index contributed by atoms with van der Waals surface area (Å²) in [7, 11) is 0. The zero-order chi connectivity index (χ0) is 12.5. The Bertz CT molecular complexity index is 360.